The van der Waals surface area contributed by atoms with Gasteiger partial charge in [-0.25, -0.2) is 4.98 Å². The number of nitrogens with zero attached hydrogens (tertiary/aromatic N) is 4. The largest absolute Gasteiger partial charge is 0.494 e. The number of hydrogen-bond donors (Lipinski definition) is 0. The van der Waals surface area contributed by atoms with Gasteiger partial charge in [-0.2, -0.15) is 0 Å². The van der Waals surface area contributed by atoms with Crippen molar-refractivity contribution in [3.8, 4) is 16.9 Å². The molecule has 4 rings (SSSR count). The van der Waals surface area contributed by atoms with E-state index in [-0.39, 0.29) is 0 Å². The normalized spacial score (nSPS) is 11.4. The standard InChI is InChI=1S/C20H18BrClN4O/c1-3-4-7-27-14-5-6-17(22)15(10-14)16-8-13(21)9-18-19(16)24-12(2)20-25-23-11-26(18)20/h5-6,8-11H,3-4,7H2,1-2H3. The van der Waals surface area contributed by atoms with E-state index in [0.717, 1.165) is 56.6 Å². The maximum Gasteiger partial charge on any atom is 0.182 e. The molecule has 138 valence electrons. The second-order valence-electron chi connectivity index (χ2n) is 6.39. The molecular weight excluding hydrogens is 428 g/mol. The van der Waals surface area contributed by atoms with Crippen molar-refractivity contribution in [2.75, 3.05) is 6.61 Å². The predicted molar refractivity (Wildman–Crippen MR) is 112 cm³/mol. The van der Waals surface area contributed by atoms with Gasteiger partial charge in [0.25, 0.3) is 0 Å². The van der Waals surface area contributed by atoms with Crippen LogP contribution in [-0.4, -0.2) is 26.2 Å². The first-order valence-corrected chi connectivity index (χ1v) is 9.98. The summed E-state index contributed by atoms with van der Waals surface area (Å²) in [6, 6.07) is 9.79. The van der Waals surface area contributed by atoms with E-state index in [0.29, 0.717) is 11.6 Å². The van der Waals surface area contributed by atoms with Crippen molar-refractivity contribution in [3.05, 3.63) is 51.8 Å². The summed E-state index contributed by atoms with van der Waals surface area (Å²) in [6.07, 6.45) is 3.81. The SMILES string of the molecule is CCCCOc1ccc(Cl)c(-c2cc(Br)cc3c2nc(C)c2nncn23)c1. The van der Waals surface area contributed by atoms with E-state index in [1.807, 2.05) is 41.7 Å². The van der Waals surface area contributed by atoms with Crippen LogP contribution in [0.5, 0.6) is 5.75 Å². The minimum absolute atomic E-state index is 0.653. The monoisotopic (exact) mass is 444 g/mol. The maximum atomic E-state index is 6.55. The van der Waals surface area contributed by atoms with Crippen molar-refractivity contribution >= 4 is 44.2 Å². The lowest BCUT2D eigenvalue weighted by atomic mass is 10.0. The number of hydrogen-bond acceptors (Lipinski definition) is 4. The summed E-state index contributed by atoms with van der Waals surface area (Å²) in [5, 5.41) is 8.85. The van der Waals surface area contributed by atoms with Crippen molar-refractivity contribution < 1.29 is 4.74 Å². The lowest BCUT2D eigenvalue weighted by molar-refractivity contribution is 0.309. The molecule has 0 atom stereocenters. The number of aromatic nitrogens is 4. The zero-order valence-electron chi connectivity index (χ0n) is 15.0. The molecule has 0 spiro atoms. The number of rotatable bonds is 5. The Balaban J connectivity index is 1.93. The van der Waals surface area contributed by atoms with Gasteiger partial charge in [-0.15, -0.1) is 10.2 Å². The van der Waals surface area contributed by atoms with E-state index in [9.17, 15) is 0 Å². The minimum atomic E-state index is 0.653. The number of fused-ring (bicyclic) bond motifs is 3. The van der Waals surface area contributed by atoms with E-state index in [4.69, 9.17) is 21.3 Å². The second kappa shape index (κ2) is 7.44. The highest BCUT2D eigenvalue weighted by Crippen LogP contribution is 2.37. The third-order valence-corrected chi connectivity index (χ3v) is 5.25. The summed E-state index contributed by atoms with van der Waals surface area (Å²) in [4.78, 5) is 4.80. The predicted octanol–water partition coefficient (Wildman–Crippen LogP) is 5.85. The molecule has 0 aliphatic carbocycles. The molecule has 0 N–H and O–H groups in total. The summed E-state index contributed by atoms with van der Waals surface area (Å²) < 4.78 is 8.75. The van der Waals surface area contributed by atoms with Crippen LogP contribution in [0, 0.1) is 6.92 Å². The number of aryl methyl sites for hydroxylation is 1. The van der Waals surface area contributed by atoms with E-state index in [1.165, 1.54) is 0 Å². The van der Waals surface area contributed by atoms with Crippen LogP contribution in [0.15, 0.2) is 41.1 Å². The molecule has 2 heterocycles. The molecule has 0 aliphatic rings. The van der Waals surface area contributed by atoms with Crippen molar-refractivity contribution in [2.45, 2.75) is 26.7 Å². The lowest BCUT2D eigenvalue weighted by Gasteiger charge is -2.13. The fourth-order valence-corrected chi connectivity index (χ4v) is 3.77. The van der Waals surface area contributed by atoms with Crippen LogP contribution in [0.1, 0.15) is 25.5 Å². The van der Waals surface area contributed by atoms with Crippen LogP contribution in [-0.2, 0) is 0 Å². The van der Waals surface area contributed by atoms with Crippen molar-refractivity contribution in [3.63, 3.8) is 0 Å². The third kappa shape index (κ3) is 3.39. The Morgan fingerprint density at radius 3 is 2.85 bits per heavy atom. The zero-order chi connectivity index (χ0) is 19.0. The molecule has 0 amide bonds. The van der Waals surface area contributed by atoms with E-state index in [2.05, 4.69) is 33.1 Å². The molecule has 0 radical (unpaired) electrons. The molecular formula is C20H18BrClN4O. The van der Waals surface area contributed by atoms with Crippen molar-refractivity contribution in [1.29, 1.82) is 0 Å². The van der Waals surface area contributed by atoms with Gasteiger partial charge in [0.05, 0.1) is 23.3 Å². The molecule has 0 saturated carbocycles. The van der Waals surface area contributed by atoms with Gasteiger partial charge in [0.1, 0.15) is 12.1 Å². The number of benzene rings is 2. The number of ether oxygens (including phenoxy) is 1. The zero-order valence-corrected chi connectivity index (χ0v) is 17.4. The first-order valence-electron chi connectivity index (χ1n) is 8.81. The van der Waals surface area contributed by atoms with Gasteiger partial charge in [0.15, 0.2) is 5.65 Å². The van der Waals surface area contributed by atoms with Gasteiger partial charge in [-0.1, -0.05) is 40.9 Å². The first-order chi connectivity index (χ1) is 13.1. The molecule has 5 nitrogen and oxygen atoms in total. The Morgan fingerprint density at radius 1 is 1.19 bits per heavy atom. The number of unbranched alkanes of at least 4 members (excludes halogenated alkanes) is 1. The molecule has 2 aromatic carbocycles. The highest BCUT2D eigenvalue weighted by Gasteiger charge is 2.15. The third-order valence-electron chi connectivity index (χ3n) is 4.46. The molecule has 7 heteroatoms. The van der Waals surface area contributed by atoms with Gasteiger partial charge in [0, 0.05) is 20.6 Å². The first kappa shape index (κ1) is 18.2. The van der Waals surface area contributed by atoms with Crippen molar-refractivity contribution in [2.24, 2.45) is 0 Å². The highest BCUT2D eigenvalue weighted by atomic mass is 79.9. The summed E-state index contributed by atoms with van der Waals surface area (Å²) in [5.41, 5.74) is 5.14. The summed E-state index contributed by atoms with van der Waals surface area (Å²) in [6.45, 7) is 4.76. The quantitative estimate of drug-likeness (QED) is 0.362. The Morgan fingerprint density at radius 2 is 2.04 bits per heavy atom. The Bertz CT molecular complexity index is 1140. The number of halogens is 2. The molecule has 27 heavy (non-hydrogen) atoms. The molecule has 0 unspecified atom stereocenters. The van der Waals surface area contributed by atoms with Gasteiger partial charge >= 0.3 is 0 Å². The van der Waals surface area contributed by atoms with Crippen LogP contribution in [0.3, 0.4) is 0 Å². The molecule has 0 bridgehead atoms. The molecule has 0 fully saturated rings. The van der Waals surface area contributed by atoms with Crippen LogP contribution in [0.25, 0.3) is 27.8 Å². The summed E-state index contributed by atoms with van der Waals surface area (Å²) >= 11 is 10.2. The average molecular weight is 446 g/mol. The summed E-state index contributed by atoms with van der Waals surface area (Å²) in [5.74, 6) is 0.804. The van der Waals surface area contributed by atoms with Crippen LogP contribution >= 0.6 is 27.5 Å². The Labute approximate surface area is 170 Å². The Kier molecular flexibility index (Phi) is 5.02. The van der Waals surface area contributed by atoms with Gasteiger partial charge in [-0.3, -0.25) is 4.40 Å². The van der Waals surface area contributed by atoms with Crippen LogP contribution < -0.4 is 4.74 Å². The average Bonchev–Trinajstić information content (AvgIpc) is 3.14. The van der Waals surface area contributed by atoms with Gasteiger partial charge in [-0.05, 0) is 43.7 Å². The second-order valence-corrected chi connectivity index (χ2v) is 7.71. The fourth-order valence-electron chi connectivity index (χ4n) is 3.10. The molecule has 0 saturated heterocycles. The highest BCUT2D eigenvalue weighted by molar-refractivity contribution is 9.10. The molecule has 2 aromatic heterocycles. The topological polar surface area (TPSA) is 52.3 Å². The Hall–Kier alpha value is -2.18. The van der Waals surface area contributed by atoms with Crippen LogP contribution in [0.2, 0.25) is 5.02 Å². The van der Waals surface area contributed by atoms with Crippen molar-refractivity contribution in [1.82, 2.24) is 19.6 Å². The molecule has 0 aliphatic heterocycles. The van der Waals surface area contributed by atoms with E-state index < -0.39 is 0 Å². The summed E-state index contributed by atoms with van der Waals surface area (Å²) in [7, 11) is 0. The fraction of sp³-hybridized carbons (Fsp3) is 0.250. The molecule has 4 aromatic rings. The lowest BCUT2D eigenvalue weighted by Crippen LogP contribution is -1.99. The van der Waals surface area contributed by atoms with Gasteiger partial charge < -0.3 is 4.74 Å². The minimum Gasteiger partial charge on any atom is -0.494 e. The van der Waals surface area contributed by atoms with E-state index >= 15 is 0 Å². The van der Waals surface area contributed by atoms with E-state index in [1.54, 1.807) is 6.33 Å². The van der Waals surface area contributed by atoms with Crippen LogP contribution in [0.4, 0.5) is 0 Å². The maximum absolute atomic E-state index is 6.55. The smallest absolute Gasteiger partial charge is 0.182 e. The van der Waals surface area contributed by atoms with Gasteiger partial charge in [0.2, 0.25) is 0 Å².